The van der Waals surface area contributed by atoms with Crippen molar-refractivity contribution in [1.82, 2.24) is 4.90 Å². The van der Waals surface area contributed by atoms with Crippen LogP contribution in [-0.2, 0) is 11.3 Å². The molecule has 0 aromatic heterocycles. The number of nitrogens with zero attached hydrogens (tertiary/aromatic N) is 1. The molecule has 0 bridgehead atoms. The largest absolute Gasteiger partial charge is 0.444 e. The molecule has 1 amide bonds. The van der Waals surface area contributed by atoms with E-state index in [0.717, 1.165) is 11.1 Å². The number of hydrogen-bond acceptors (Lipinski definition) is 2. The van der Waals surface area contributed by atoms with Crippen molar-refractivity contribution in [2.24, 2.45) is 0 Å². The quantitative estimate of drug-likeness (QED) is 0.606. The summed E-state index contributed by atoms with van der Waals surface area (Å²) in [6.45, 7) is 9.73. The topological polar surface area (TPSA) is 29.5 Å². The van der Waals surface area contributed by atoms with Crippen LogP contribution in [0.5, 0.6) is 0 Å². The van der Waals surface area contributed by atoms with Crippen LogP contribution in [0, 0.1) is 5.82 Å². The average Bonchev–Trinajstić information content (AvgIpc) is 2.58. The van der Waals surface area contributed by atoms with Crippen LogP contribution in [-0.4, -0.2) is 16.6 Å². The monoisotopic (exact) mass is 355 g/mol. The van der Waals surface area contributed by atoms with Crippen molar-refractivity contribution in [3.05, 3.63) is 84.2 Å². The van der Waals surface area contributed by atoms with Crippen LogP contribution in [0.25, 0.3) is 0 Å². The van der Waals surface area contributed by atoms with Gasteiger partial charge >= 0.3 is 6.09 Å². The lowest BCUT2D eigenvalue weighted by Gasteiger charge is -2.33. The van der Waals surface area contributed by atoms with Gasteiger partial charge in [-0.05, 0) is 50.5 Å². The van der Waals surface area contributed by atoms with Crippen molar-refractivity contribution in [3.63, 3.8) is 0 Å². The normalized spacial score (nSPS) is 12.3. The van der Waals surface area contributed by atoms with E-state index in [1.54, 1.807) is 23.1 Å². The van der Waals surface area contributed by atoms with Gasteiger partial charge in [0.15, 0.2) is 0 Å². The Labute approximate surface area is 155 Å². The average molecular weight is 355 g/mol. The molecule has 0 saturated heterocycles. The van der Waals surface area contributed by atoms with E-state index >= 15 is 0 Å². The fourth-order valence-corrected chi connectivity index (χ4v) is 2.69. The predicted octanol–water partition coefficient (Wildman–Crippen LogP) is 5.88. The van der Waals surface area contributed by atoms with E-state index < -0.39 is 11.7 Å². The van der Waals surface area contributed by atoms with Gasteiger partial charge in [0.1, 0.15) is 11.4 Å². The highest BCUT2D eigenvalue weighted by atomic mass is 19.1. The molecule has 1 unspecified atom stereocenters. The first-order valence-corrected chi connectivity index (χ1v) is 8.70. The molecule has 138 valence electrons. The third kappa shape index (κ3) is 5.73. The standard InChI is InChI=1S/C22H26FNO2/c1-5-9-20(18-12-14-19(23)15-13-18)24(21(25)26-22(2,3)4)16-17-10-7-6-8-11-17/h5-8,10-15,20H,1,9,16H2,2-4H3. The first-order valence-electron chi connectivity index (χ1n) is 8.70. The molecule has 2 aromatic carbocycles. The second kappa shape index (κ2) is 8.65. The number of amides is 1. The van der Waals surface area contributed by atoms with Crippen LogP contribution in [0.2, 0.25) is 0 Å². The van der Waals surface area contributed by atoms with Crippen molar-refractivity contribution in [3.8, 4) is 0 Å². The number of carbonyl (C=O) groups excluding carboxylic acids is 1. The van der Waals surface area contributed by atoms with E-state index in [-0.39, 0.29) is 11.9 Å². The zero-order chi connectivity index (χ0) is 19.2. The lowest BCUT2D eigenvalue weighted by atomic mass is 10.0. The van der Waals surface area contributed by atoms with Crippen molar-refractivity contribution >= 4 is 6.09 Å². The molecule has 3 nitrogen and oxygen atoms in total. The van der Waals surface area contributed by atoms with Crippen molar-refractivity contribution in [2.45, 2.75) is 45.4 Å². The number of benzene rings is 2. The van der Waals surface area contributed by atoms with E-state index in [2.05, 4.69) is 6.58 Å². The molecule has 0 heterocycles. The summed E-state index contributed by atoms with van der Waals surface area (Å²) in [7, 11) is 0. The SMILES string of the molecule is C=CCC(c1ccc(F)cc1)N(Cc1ccccc1)C(=O)OC(C)(C)C. The van der Waals surface area contributed by atoms with Gasteiger partial charge in [0.25, 0.3) is 0 Å². The molecule has 0 fully saturated rings. The zero-order valence-corrected chi connectivity index (χ0v) is 15.6. The van der Waals surface area contributed by atoms with Gasteiger partial charge in [-0.2, -0.15) is 0 Å². The Hall–Kier alpha value is -2.62. The van der Waals surface area contributed by atoms with E-state index in [1.807, 2.05) is 51.1 Å². The van der Waals surface area contributed by atoms with Crippen LogP contribution >= 0.6 is 0 Å². The van der Waals surface area contributed by atoms with Gasteiger partial charge in [-0.3, -0.25) is 4.90 Å². The molecule has 0 N–H and O–H groups in total. The van der Waals surface area contributed by atoms with Gasteiger partial charge in [0.2, 0.25) is 0 Å². The van der Waals surface area contributed by atoms with Gasteiger partial charge in [0, 0.05) is 6.54 Å². The maximum Gasteiger partial charge on any atom is 0.411 e. The second-order valence-electron chi connectivity index (χ2n) is 7.19. The van der Waals surface area contributed by atoms with Crippen molar-refractivity contribution in [2.75, 3.05) is 0 Å². The minimum Gasteiger partial charge on any atom is -0.444 e. The Morgan fingerprint density at radius 3 is 2.31 bits per heavy atom. The molecule has 0 aliphatic heterocycles. The summed E-state index contributed by atoms with van der Waals surface area (Å²) in [6, 6.07) is 15.7. The number of halogens is 1. The molecular weight excluding hydrogens is 329 g/mol. The van der Waals surface area contributed by atoms with Crippen molar-refractivity contribution < 1.29 is 13.9 Å². The van der Waals surface area contributed by atoms with Crippen LogP contribution < -0.4 is 0 Å². The maximum absolute atomic E-state index is 13.3. The first-order chi connectivity index (χ1) is 12.3. The molecule has 2 rings (SSSR count). The smallest absolute Gasteiger partial charge is 0.411 e. The third-order valence-corrected chi connectivity index (χ3v) is 3.84. The highest BCUT2D eigenvalue weighted by molar-refractivity contribution is 5.69. The maximum atomic E-state index is 13.3. The second-order valence-corrected chi connectivity index (χ2v) is 7.19. The van der Waals surface area contributed by atoms with E-state index in [9.17, 15) is 9.18 Å². The molecule has 26 heavy (non-hydrogen) atoms. The summed E-state index contributed by atoms with van der Waals surface area (Å²) in [5.41, 5.74) is 1.23. The molecule has 0 saturated carbocycles. The molecule has 0 aliphatic rings. The van der Waals surface area contributed by atoms with Gasteiger partial charge in [-0.25, -0.2) is 9.18 Å². The Balaban J connectivity index is 2.38. The molecule has 2 aromatic rings. The summed E-state index contributed by atoms with van der Waals surface area (Å²) >= 11 is 0. The van der Waals surface area contributed by atoms with Crippen LogP contribution in [0.4, 0.5) is 9.18 Å². The molecule has 0 radical (unpaired) electrons. The summed E-state index contributed by atoms with van der Waals surface area (Å²) in [5, 5.41) is 0. The number of rotatable bonds is 6. The molecule has 0 aliphatic carbocycles. The molecular formula is C22H26FNO2. The minimum atomic E-state index is -0.604. The molecule has 1 atom stereocenters. The number of hydrogen-bond donors (Lipinski definition) is 0. The fraction of sp³-hybridized carbons (Fsp3) is 0.318. The molecule has 4 heteroatoms. The fourth-order valence-electron chi connectivity index (χ4n) is 2.69. The van der Waals surface area contributed by atoms with Crippen molar-refractivity contribution in [1.29, 1.82) is 0 Å². The summed E-state index contributed by atoms with van der Waals surface area (Å²) in [6.07, 6.45) is 1.89. The summed E-state index contributed by atoms with van der Waals surface area (Å²) in [4.78, 5) is 14.6. The van der Waals surface area contributed by atoms with E-state index in [0.29, 0.717) is 13.0 Å². The Morgan fingerprint density at radius 2 is 1.77 bits per heavy atom. The van der Waals surface area contributed by atoms with Crippen LogP contribution in [0.3, 0.4) is 0 Å². The Bertz CT molecular complexity index is 720. The van der Waals surface area contributed by atoms with E-state index in [1.165, 1.54) is 12.1 Å². The highest BCUT2D eigenvalue weighted by Crippen LogP contribution is 2.29. The Kier molecular flexibility index (Phi) is 6.56. The lowest BCUT2D eigenvalue weighted by molar-refractivity contribution is 0.0138. The van der Waals surface area contributed by atoms with Gasteiger partial charge in [0.05, 0.1) is 6.04 Å². The third-order valence-electron chi connectivity index (χ3n) is 3.84. The Morgan fingerprint density at radius 1 is 1.15 bits per heavy atom. The molecule has 0 spiro atoms. The minimum absolute atomic E-state index is 0.289. The van der Waals surface area contributed by atoms with Gasteiger partial charge < -0.3 is 4.74 Å². The van der Waals surface area contributed by atoms with Gasteiger partial charge in [-0.1, -0.05) is 48.5 Å². The van der Waals surface area contributed by atoms with Crippen LogP contribution in [0.1, 0.15) is 44.4 Å². The summed E-state index contributed by atoms with van der Waals surface area (Å²) in [5.74, 6) is -0.307. The number of ether oxygens (including phenoxy) is 1. The lowest BCUT2D eigenvalue weighted by Crippen LogP contribution is -2.38. The van der Waals surface area contributed by atoms with Crippen LogP contribution in [0.15, 0.2) is 67.3 Å². The van der Waals surface area contributed by atoms with Gasteiger partial charge in [-0.15, -0.1) is 6.58 Å². The number of carbonyl (C=O) groups is 1. The predicted molar refractivity (Wildman–Crippen MR) is 102 cm³/mol. The van der Waals surface area contributed by atoms with E-state index in [4.69, 9.17) is 4.74 Å². The summed E-state index contributed by atoms with van der Waals surface area (Å²) < 4.78 is 19.0. The first kappa shape index (κ1) is 19.7. The highest BCUT2D eigenvalue weighted by Gasteiger charge is 2.29. The zero-order valence-electron chi connectivity index (χ0n) is 15.6.